The summed E-state index contributed by atoms with van der Waals surface area (Å²) in [5, 5.41) is 17.3. The molecule has 2 N–H and O–H groups in total. The van der Waals surface area contributed by atoms with Crippen LogP contribution in [0.3, 0.4) is 0 Å². The molecule has 1 aliphatic rings. The summed E-state index contributed by atoms with van der Waals surface area (Å²) in [6.45, 7) is -0.343. The summed E-state index contributed by atoms with van der Waals surface area (Å²) < 4.78 is 2.84. The van der Waals surface area contributed by atoms with Gasteiger partial charge in [-0.3, -0.25) is 9.59 Å². The molecular formula is C20H22N4O3. The first-order chi connectivity index (χ1) is 13.2. The minimum Gasteiger partial charge on any atom is -0.392 e. The molecule has 2 heterocycles. The third kappa shape index (κ3) is 3.38. The summed E-state index contributed by atoms with van der Waals surface area (Å²) >= 11 is 0. The van der Waals surface area contributed by atoms with Crippen LogP contribution in [-0.2, 0) is 17.9 Å². The predicted molar refractivity (Wildman–Crippen MR) is 101 cm³/mol. The van der Waals surface area contributed by atoms with Crippen LogP contribution in [0.2, 0.25) is 0 Å². The minimum atomic E-state index is -0.335. The van der Waals surface area contributed by atoms with Crippen LogP contribution in [0.4, 0.5) is 0 Å². The summed E-state index contributed by atoms with van der Waals surface area (Å²) in [5.41, 5.74) is 1.83. The highest BCUT2D eigenvalue weighted by atomic mass is 16.3. The fourth-order valence-electron chi connectivity index (χ4n) is 3.75. The lowest BCUT2D eigenvalue weighted by molar-refractivity contribution is -0.122. The zero-order valence-corrected chi connectivity index (χ0v) is 15.0. The van der Waals surface area contributed by atoms with Crippen LogP contribution >= 0.6 is 0 Å². The van der Waals surface area contributed by atoms with Crippen LogP contribution in [0.5, 0.6) is 0 Å². The number of aromatic nitrogens is 3. The average Bonchev–Trinajstić information content (AvgIpc) is 3.32. The Morgan fingerprint density at radius 2 is 1.93 bits per heavy atom. The van der Waals surface area contributed by atoms with Crippen molar-refractivity contribution in [2.24, 2.45) is 0 Å². The summed E-state index contributed by atoms with van der Waals surface area (Å²) in [6.07, 6.45) is 7.47. The molecular weight excluding hydrogens is 344 g/mol. The second kappa shape index (κ2) is 7.36. The fraction of sp³-hybridized carbons (Fsp3) is 0.350. The molecule has 27 heavy (non-hydrogen) atoms. The molecule has 0 bridgehead atoms. The van der Waals surface area contributed by atoms with Gasteiger partial charge in [0.25, 0.3) is 5.56 Å². The molecule has 1 amide bonds. The molecule has 1 fully saturated rings. The highest BCUT2D eigenvalue weighted by Crippen LogP contribution is 2.24. The summed E-state index contributed by atoms with van der Waals surface area (Å²) in [6, 6.07) is 9.64. The molecule has 1 aromatic carbocycles. The first-order valence-electron chi connectivity index (χ1n) is 9.23. The third-order valence-corrected chi connectivity index (χ3v) is 5.10. The number of rotatable bonds is 5. The van der Waals surface area contributed by atoms with Crippen molar-refractivity contribution in [1.29, 1.82) is 0 Å². The number of carbonyl (C=O) groups is 1. The van der Waals surface area contributed by atoms with Gasteiger partial charge in [0.1, 0.15) is 12.1 Å². The van der Waals surface area contributed by atoms with Gasteiger partial charge in [-0.15, -0.1) is 0 Å². The van der Waals surface area contributed by atoms with E-state index in [9.17, 15) is 14.7 Å². The molecule has 1 aliphatic carbocycles. The number of carbonyl (C=O) groups excluding carboxylic acids is 1. The van der Waals surface area contributed by atoms with Crippen molar-refractivity contribution in [2.45, 2.75) is 44.9 Å². The Bertz CT molecular complexity index is 1020. The predicted octanol–water partition coefficient (Wildman–Crippen LogP) is 1.71. The zero-order valence-electron chi connectivity index (χ0n) is 15.0. The van der Waals surface area contributed by atoms with E-state index >= 15 is 0 Å². The molecule has 4 rings (SSSR count). The van der Waals surface area contributed by atoms with E-state index in [4.69, 9.17) is 0 Å². The van der Waals surface area contributed by atoms with Crippen molar-refractivity contribution in [2.75, 3.05) is 0 Å². The van der Waals surface area contributed by atoms with Gasteiger partial charge >= 0.3 is 0 Å². The van der Waals surface area contributed by atoms with E-state index in [1.165, 1.54) is 9.08 Å². The van der Waals surface area contributed by atoms with E-state index in [2.05, 4.69) is 10.4 Å². The van der Waals surface area contributed by atoms with Gasteiger partial charge in [0.2, 0.25) is 5.91 Å². The van der Waals surface area contributed by atoms with Crippen molar-refractivity contribution in [3.05, 3.63) is 58.6 Å². The van der Waals surface area contributed by atoms with Crippen molar-refractivity contribution < 1.29 is 9.90 Å². The van der Waals surface area contributed by atoms with E-state index in [-0.39, 0.29) is 30.7 Å². The van der Waals surface area contributed by atoms with E-state index < -0.39 is 0 Å². The largest absolute Gasteiger partial charge is 0.392 e. The zero-order chi connectivity index (χ0) is 18.8. The van der Waals surface area contributed by atoms with Crippen LogP contribution in [-0.4, -0.2) is 31.2 Å². The molecule has 0 atom stereocenters. The minimum absolute atomic E-state index is 0.0391. The average molecular weight is 366 g/mol. The number of aliphatic hydroxyl groups is 1. The molecule has 3 aromatic rings. The summed E-state index contributed by atoms with van der Waals surface area (Å²) in [7, 11) is 0. The first kappa shape index (κ1) is 17.5. The number of fused-ring (bicyclic) bond motifs is 1. The maximum atomic E-state index is 12.9. The molecule has 0 radical (unpaired) electrons. The Kier molecular flexibility index (Phi) is 4.77. The van der Waals surface area contributed by atoms with Gasteiger partial charge in [-0.1, -0.05) is 43.2 Å². The van der Waals surface area contributed by atoms with Crippen molar-refractivity contribution in [3.63, 3.8) is 0 Å². The number of benzene rings is 1. The third-order valence-electron chi connectivity index (χ3n) is 5.10. The lowest BCUT2D eigenvalue weighted by Gasteiger charge is -2.12. The Hall–Kier alpha value is -2.93. The SMILES string of the molecule is O=C(Cn1ccn2nc(-c3ccccc3)c(CO)c2c1=O)NC1CCCC1. The molecule has 7 nitrogen and oxygen atoms in total. The van der Waals surface area contributed by atoms with E-state index in [0.29, 0.717) is 16.8 Å². The molecule has 0 aliphatic heterocycles. The van der Waals surface area contributed by atoms with E-state index in [1.54, 1.807) is 12.4 Å². The maximum absolute atomic E-state index is 12.9. The normalized spacial score (nSPS) is 14.7. The Balaban J connectivity index is 1.69. The smallest absolute Gasteiger partial charge is 0.277 e. The van der Waals surface area contributed by atoms with Crippen molar-refractivity contribution in [1.82, 2.24) is 19.5 Å². The number of hydrogen-bond acceptors (Lipinski definition) is 4. The number of amides is 1. The molecule has 0 spiro atoms. The van der Waals surface area contributed by atoms with Crippen LogP contribution < -0.4 is 10.9 Å². The van der Waals surface area contributed by atoms with Gasteiger partial charge < -0.3 is 15.0 Å². The van der Waals surface area contributed by atoms with Crippen LogP contribution in [0.15, 0.2) is 47.5 Å². The van der Waals surface area contributed by atoms with Crippen molar-refractivity contribution in [3.8, 4) is 11.3 Å². The standard InChI is InChI=1S/C20H22N4O3/c25-13-16-18(14-6-2-1-3-7-14)22-24-11-10-23(20(27)19(16)24)12-17(26)21-15-8-4-5-9-15/h1-3,6-7,10-11,15,25H,4-5,8-9,12-13H2,(H,21,26). The molecule has 0 saturated heterocycles. The lowest BCUT2D eigenvalue weighted by atomic mass is 10.1. The van der Waals surface area contributed by atoms with Gasteiger partial charge in [0.05, 0.1) is 12.3 Å². The monoisotopic (exact) mass is 366 g/mol. The molecule has 0 unspecified atom stereocenters. The van der Waals surface area contributed by atoms with Gasteiger partial charge in [0, 0.05) is 29.6 Å². The van der Waals surface area contributed by atoms with Gasteiger partial charge in [-0.2, -0.15) is 5.10 Å². The molecule has 1 saturated carbocycles. The maximum Gasteiger partial charge on any atom is 0.277 e. The number of hydrogen-bond donors (Lipinski definition) is 2. The molecule has 7 heteroatoms. The number of aliphatic hydroxyl groups excluding tert-OH is 1. The van der Waals surface area contributed by atoms with E-state index in [1.807, 2.05) is 30.3 Å². The molecule has 140 valence electrons. The lowest BCUT2D eigenvalue weighted by Crippen LogP contribution is -2.37. The second-order valence-electron chi connectivity index (χ2n) is 6.92. The van der Waals surface area contributed by atoms with Crippen molar-refractivity contribution >= 4 is 11.4 Å². The highest BCUT2D eigenvalue weighted by Gasteiger charge is 2.20. The number of nitrogens with zero attached hydrogens (tertiary/aromatic N) is 3. The Labute approximate surface area is 156 Å². The summed E-state index contributed by atoms with van der Waals surface area (Å²) in [4.78, 5) is 25.2. The van der Waals surface area contributed by atoms with Gasteiger partial charge in [-0.05, 0) is 12.8 Å². The van der Waals surface area contributed by atoms with Crippen LogP contribution in [0, 0.1) is 0 Å². The van der Waals surface area contributed by atoms with E-state index in [0.717, 1.165) is 31.2 Å². The first-order valence-corrected chi connectivity index (χ1v) is 9.23. The van der Waals surface area contributed by atoms with Crippen LogP contribution in [0.25, 0.3) is 16.8 Å². The van der Waals surface area contributed by atoms with Crippen LogP contribution in [0.1, 0.15) is 31.2 Å². The molecule has 2 aromatic heterocycles. The fourth-order valence-corrected chi connectivity index (χ4v) is 3.75. The quantitative estimate of drug-likeness (QED) is 0.720. The topological polar surface area (TPSA) is 88.6 Å². The Morgan fingerprint density at radius 1 is 1.19 bits per heavy atom. The summed E-state index contributed by atoms with van der Waals surface area (Å²) in [5.74, 6) is -0.165. The second-order valence-corrected chi connectivity index (χ2v) is 6.92. The van der Waals surface area contributed by atoms with Gasteiger partial charge in [-0.25, -0.2) is 4.52 Å². The highest BCUT2D eigenvalue weighted by molar-refractivity contribution is 5.76. The Morgan fingerprint density at radius 3 is 2.63 bits per heavy atom. The number of nitrogens with one attached hydrogen (secondary N) is 1. The van der Waals surface area contributed by atoms with Gasteiger partial charge in [0.15, 0.2) is 0 Å².